The Labute approximate surface area is 116 Å². The first-order valence-corrected chi connectivity index (χ1v) is 6.50. The van der Waals surface area contributed by atoms with Crippen molar-refractivity contribution in [1.82, 2.24) is 20.0 Å². The Hall–Kier alpha value is -2.12. The third-order valence-electron chi connectivity index (χ3n) is 3.19. The van der Waals surface area contributed by atoms with Crippen LogP contribution in [0, 0.1) is 6.92 Å². The highest BCUT2D eigenvalue weighted by Gasteiger charge is 2.24. The van der Waals surface area contributed by atoms with Crippen molar-refractivity contribution in [2.75, 3.05) is 33.3 Å². The van der Waals surface area contributed by atoms with E-state index in [4.69, 9.17) is 4.42 Å². The predicted octanol–water partition coefficient (Wildman–Crippen LogP) is 0.221. The van der Waals surface area contributed by atoms with E-state index in [1.165, 1.54) is 7.11 Å². The normalized spacial score (nSPS) is 15.3. The van der Waals surface area contributed by atoms with Gasteiger partial charge in [-0.2, -0.15) is 0 Å². The topological polar surface area (TPSA) is 88.8 Å². The fourth-order valence-corrected chi connectivity index (χ4v) is 2.08. The van der Waals surface area contributed by atoms with Crippen molar-refractivity contribution < 1.29 is 18.7 Å². The maximum Gasteiger partial charge on any atom is 0.409 e. The molecular weight excluding hydrogens is 264 g/mol. The average molecular weight is 282 g/mol. The van der Waals surface area contributed by atoms with Crippen LogP contribution in [0.3, 0.4) is 0 Å². The Bertz CT molecular complexity index is 480. The van der Waals surface area contributed by atoms with Gasteiger partial charge in [0, 0.05) is 45.9 Å². The van der Waals surface area contributed by atoms with E-state index in [1.807, 2.05) is 0 Å². The van der Waals surface area contributed by atoms with E-state index in [0.29, 0.717) is 50.8 Å². The molecule has 0 spiro atoms. The van der Waals surface area contributed by atoms with Gasteiger partial charge in [-0.15, -0.1) is 10.2 Å². The van der Waals surface area contributed by atoms with Crippen molar-refractivity contribution in [2.45, 2.75) is 19.8 Å². The van der Waals surface area contributed by atoms with Crippen LogP contribution in [0.5, 0.6) is 0 Å². The number of piperazine rings is 1. The highest BCUT2D eigenvalue weighted by Crippen LogP contribution is 2.08. The molecule has 2 heterocycles. The maximum absolute atomic E-state index is 12.0. The quantitative estimate of drug-likeness (QED) is 0.788. The van der Waals surface area contributed by atoms with Crippen LogP contribution in [0.15, 0.2) is 4.42 Å². The van der Waals surface area contributed by atoms with Gasteiger partial charge in [-0.25, -0.2) is 4.79 Å². The average Bonchev–Trinajstić information content (AvgIpc) is 2.89. The van der Waals surface area contributed by atoms with Gasteiger partial charge in [-0.05, 0) is 0 Å². The van der Waals surface area contributed by atoms with Crippen LogP contribution in [-0.2, 0) is 16.0 Å². The zero-order valence-corrected chi connectivity index (χ0v) is 11.7. The van der Waals surface area contributed by atoms with Crippen molar-refractivity contribution in [3.8, 4) is 0 Å². The van der Waals surface area contributed by atoms with Crippen LogP contribution in [0.25, 0.3) is 0 Å². The molecule has 0 bridgehead atoms. The molecule has 20 heavy (non-hydrogen) atoms. The van der Waals surface area contributed by atoms with Crippen LogP contribution in [-0.4, -0.2) is 65.3 Å². The van der Waals surface area contributed by atoms with Crippen LogP contribution in [0.4, 0.5) is 4.79 Å². The van der Waals surface area contributed by atoms with Crippen LogP contribution in [0.2, 0.25) is 0 Å². The molecule has 8 heteroatoms. The predicted molar refractivity (Wildman–Crippen MR) is 67.9 cm³/mol. The smallest absolute Gasteiger partial charge is 0.409 e. The van der Waals surface area contributed by atoms with Crippen LogP contribution < -0.4 is 0 Å². The summed E-state index contributed by atoms with van der Waals surface area (Å²) in [6, 6.07) is 0. The first-order chi connectivity index (χ1) is 9.60. The van der Waals surface area contributed by atoms with Crippen molar-refractivity contribution in [1.29, 1.82) is 0 Å². The van der Waals surface area contributed by atoms with E-state index in [0.717, 1.165) is 0 Å². The highest BCUT2D eigenvalue weighted by atomic mass is 16.5. The second-order valence-corrected chi connectivity index (χ2v) is 4.55. The molecule has 1 aromatic heterocycles. The molecule has 1 aromatic rings. The summed E-state index contributed by atoms with van der Waals surface area (Å²) in [6.07, 6.45) is 0.426. The number of aromatic nitrogens is 2. The van der Waals surface area contributed by atoms with Gasteiger partial charge in [0.25, 0.3) is 0 Å². The molecule has 1 aliphatic rings. The Morgan fingerprint density at radius 2 is 1.85 bits per heavy atom. The van der Waals surface area contributed by atoms with E-state index >= 15 is 0 Å². The molecule has 2 rings (SSSR count). The summed E-state index contributed by atoms with van der Waals surface area (Å²) < 4.78 is 9.87. The fourth-order valence-electron chi connectivity index (χ4n) is 2.08. The lowest BCUT2D eigenvalue weighted by atomic mass is 10.2. The summed E-state index contributed by atoms with van der Waals surface area (Å²) in [6.45, 7) is 3.76. The van der Waals surface area contributed by atoms with E-state index in [-0.39, 0.29) is 12.0 Å². The Balaban J connectivity index is 1.76. The molecule has 110 valence electrons. The molecule has 0 radical (unpaired) electrons. The third kappa shape index (κ3) is 3.46. The molecule has 2 amide bonds. The van der Waals surface area contributed by atoms with Gasteiger partial charge in [0.1, 0.15) is 0 Å². The monoisotopic (exact) mass is 282 g/mol. The molecule has 0 aromatic carbocycles. The van der Waals surface area contributed by atoms with Crippen molar-refractivity contribution >= 4 is 12.0 Å². The van der Waals surface area contributed by atoms with Gasteiger partial charge in [-0.3, -0.25) is 4.79 Å². The molecule has 0 aliphatic carbocycles. The number of ether oxygens (including phenoxy) is 1. The second kappa shape index (κ2) is 6.36. The minimum Gasteiger partial charge on any atom is -0.453 e. The Morgan fingerprint density at radius 1 is 1.20 bits per heavy atom. The van der Waals surface area contributed by atoms with Crippen molar-refractivity contribution in [3.05, 3.63) is 11.8 Å². The summed E-state index contributed by atoms with van der Waals surface area (Å²) >= 11 is 0. The van der Waals surface area contributed by atoms with E-state index in [9.17, 15) is 9.59 Å². The number of methoxy groups -OCH3 is 1. The summed E-state index contributed by atoms with van der Waals surface area (Å²) in [5.41, 5.74) is 0. The summed E-state index contributed by atoms with van der Waals surface area (Å²) in [5.74, 6) is 1.01. The third-order valence-corrected chi connectivity index (χ3v) is 3.19. The van der Waals surface area contributed by atoms with Crippen LogP contribution in [0.1, 0.15) is 18.2 Å². The molecule has 0 unspecified atom stereocenters. The fraction of sp³-hybridized carbons (Fsp3) is 0.667. The molecule has 1 aliphatic heterocycles. The number of aryl methyl sites for hydroxylation is 2. The van der Waals surface area contributed by atoms with Crippen molar-refractivity contribution in [3.63, 3.8) is 0 Å². The minimum absolute atomic E-state index is 0.0327. The van der Waals surface area contributed by atoms with Crippen molar-refractivity contribution in [2.24, 2.45) is 0 Å². The van der Waals surface area contributed by atoms with E-state index in [2.05, 4.69) is 14.9 Å². The first-order valence-electron chi connectivity index (χ1n) is 6.50. The molecule has 0 saturated carbocycles. The lowest BCUT2D eigenvalue weighted by molar-refractivity contribution is -0.132. The summed E-state index contributed by atoms with van der Waals surface area (Å²) in [4.78, 5) is 26.7. The number of hydrogen-bond donors (Lipinski definition) is 0. The number of amides is 2. The second-order valence-electron chi connectivity index (χ2n) is 4.55. The zero-order valence-electron chi connectivity index (χ0n) is 11.7. The van der Waals surface area contributed by atoms with E-state index < -0.39 is 0 Å². The lowest BCUT2D eigenvalue weighted by Gasteiger charge is -2.33. The zero-order chi connectivity index (χ0) is 14.5. The number of carbonyl (C=O) groups excluding carboxylic acids is 2. The Kier molecular flexibility index (Phi) is 4.54. The van der Waals surface area contributed by atoms with E-state index in [1.54, 1.807) is 16.7 Å². The molecular formula is C12H18N4O4. The molecule has 0 N–H and O–H groups in total. The maximum atomic E-state index is 12.0. The van der Waals surface area contributed by atoms with Gasteiger partial charge in [-0.1, -0.05) is 0 Å². The number of rotatable bonds is 3. The van der Waals surface area contributed by atoms with Gasteiger partial charge < -0.3 is 19.0 Å². The SMILES string of the molecule is COC(=O)N1CCN(C(=O)CCc2nnc(C)o2)CC1. The van der Waals surface area contributed by atoms with Crippen LogP contribution >= 0.6 is 0 Å². The highest BCUT2D eigenvalue weighted by molar-refractivity contribution is 5.77. The minimum atomic E-state index is -0.349. The van der Waals surface area contributed by atoms with Gasteiger partial charge in [0.2, 0.25) is 17.7 Å². The molecule has 0 atom stereocenters. The summed E-state index contributed by atoms with van der Waals surface area (Å²) in [5, 5.41) is 7.57. The molecule has 1 saturated heterocycles. The summed E-state index contributed by atoms with van der Waals surface area (Å²) in [7, 11) is 1.35. The lowest BCUT2D eigenvalue weighted by Crippen LogP contribution is -2.50. The number of hydrogen-bond acceptors (Lipinski definition) is 6. The first kappa shape index (κ1) is 14.3. The molecule has 1 fully saturated rings. The number of carbonyl (C=O) groups is 2. The standard InChI is InChI=1S/C12H18N4O4/c1-9-13-14-10(20-9)3-4-11(17)15-5-7-16(8-6-15)12(18)19-2/h3-8H2,1-2H3. The van der Waals surface area contributed by atoms with Gasteiger partial charge in [0.15, 0.2) is 0 Å². The Morgan fingerprint density at radius 3 is 2.40 bits per heavy atom. The molecule has 8 nitrogen and oxygen atoms in total. The van der Waals surface area contributed by atoms with Gasteiger partial charge in [0.05, 0.1) is 7.11 Å². The largest absolute Gasteiger partial charge is 0.453 e. The number of nitrogens with zero attached hydrogens (tertiary/aromatic N) is 4. The van der Waals surface area contributed by atoms with Gasteiger partial charge >= 0.3 is 6.09 Å².